The highest BCUT2D eigenvalue weighted by atomic mass is 15.3. The van der Waals surface area contributed by atoms with Crippen molar-refractivity contribution in [2.75, 3.05) is 29.9 Å². The highest BCUT2D eigenvalue weighted by Crippen LogP contribution is 2.32. The monoisotopic (exact) mass is 350 g/mol. The first-order valence-corrected chi connectivity index (χ1v) is 9.88. The maximum absolute atomic E-state index is 4.96. The van der Waals surface area contributed by atoms with Gasteiger partial charge in [0, 0.05) is 63.1 Å². The molecule has 0 unspecified atom stereocenters. The number of hydrogen-bond acceptors (Lipinski definition) is 6. The highest BCUT2D eigenvalue weighted by Gasteiger charge is 2.28. The summed E-state index contributed by atoms with van der Waals surface area (Å²) in [5.74, 6) is 2.02. The Bertz CT molecular complexity index is 767. The summed E-state index contributed by atoms with van der Waals surface area (Å²) in [4.78, 5) is 18.9. The molecular weight excluding hydrogens is 324 g/mol. The first-order valence-electron chi connectivity index (χ1n) is 9.88. The van der Waals surface area contributed by atoms with Crippen LogP contribution < -0.4 is 10.2 Å². The van der Waals surface area contributed by atoms with Crippen molar-refractivity contribution in [1.82, 2.24) is 19.9 Å². The van der Waals surface area contributed by atoms with E-state index >= 15 is 0 Å². The van der Waals surface area contributed by atoms with E-state index in [9.17, 15) is 0 Å². The van der Waals surface area contributed by atoms with E-state index in [-0.39, 0.29) is 0 Å². The number of anilines is 2. The van der Waals surface area contributed by atoms with Crippen molar-refractivity contribution in [3.63, 3.8) is 0 Å². The second-order valence-electron chi connectivity index (χ2n) is 7.73. The fraction of sp³-hybridized carbons (Fsp3) is 0.550. The van der Waals surface area contributed by atoms with Gasteiger partial charge < -0.3 is 10.2 Å². The van der Waals surface area contributed by atoms with E-state index in [2.05, 4.69) is 32.2 Å². The van der Waals surface area contributed by atoms with Crippen molar-refractivity contribution in [3.8, 4) is 0 Å². The van der Waals surface area contributed by atoms with Crippen LogP contribution in [0.15, 0.2) is 24.5 Å². The fourth-order valence-corrected chi connectivity index (χ4v) is 3.94. The van der Waals surface area contributed by atoms with Crippen LogP contribution in [0.1, 0.15) is 42.5 Å². The third-order valence-electron chi connectivity index (χ3n) is 5.59. The quantitative estimate of drug-likeness (QED) is 0.895. The van der Waals surface area contributed by atoms with Gasteiger partial charge in [0.1, 0.15) is 5.82 Å². The van der Waals surface area contributed by atoms with Gasteiger partial charge in [-0.25, -0.2) is 4.98 Å². The van der Waals surface area contributed by atoms with Crippen LogP contribution in [0.3, 0.4) is 0 Å². The molecule has 0 radical (unpaired) electrons. The number of rotatable bonds is 5. The largest absolute Gasteiger partial charge is 0.367 e. The molecule has 0 amide bonds. The molecule has 1 saturated heterocycles. The lowest BCUT2D eigenvalue weighted by Gasteiger charge is -2.30. The number of nitrogens with zero attached hydrogens (tertiary/aromatic N) is 5. The van der Waals surface area contributed by atoms with Crippen molar-refractivity contribution in [2.24, 2.45) is 0 Å². The topological polar surface area (TPSA) is 57.2 Å². The molecule has 136 valence electrons. The van der Waals surface area contributed by atoms with E-state index in [0.29, 0.717) is 6.04 Å². The van der Waals surface area contributed by atoms with Gasteiger partial charge in [0.05, 0.1) is 5.69 Å². The van der Waals surface area contributed by atoms with E-state index in [0.717, 1.165) is 50.9 Å². The van der Waals surface area contributed by atoms with Crippen LogP contribution in [0.2, 0.25) is 0 Å². The molecule has 3 aliphatic rings. The third-order valence-corrected chi connectivity index (χ3v) is 5.59. The molecule has 2 aliphatic heterocycles. The second-order valence-corrected chi connectivity index (χ2v) is 7.73. The van der Waals surface area contributed by atoms with Crippen LogP contribution in [0.4, 0.5) is 11.8 Å². The summed E-state index contributed by atoms with van der Waals surface area (Å²) in [6.07, 6.45) is 9.79. The van der Waals surface area contributed by atoms with Gasteiger partial charge >= 0.3 is 0 Å². The summed E-state index contributed by atoms with van der Waals surface area (Å²) >= 11 is 0. The Balaban J connectivity index is 1.41. The summed E-state index contributed by atoms with van der Waals surface area (Å²) < 4.78 is 0. The van der Waals surface area contributed by atoms with Gasteiger partial charge in [-0.3, -0.25) is 9.88 Å². The zero-order chi connectivity index (χ0) is 17.3. The molecule has 1 aliphatic carbocycles. The predicted octanol–water partition coefficient (Wildman–Crippen LogP) is 2.60. The summed E-state index contributed by atoms with van der Waals surface area (Å²) in [7, 11) is 0. The minimum atomic E-state index is 0.607. The molecule has 1 N–H and O–H groups in total. The lowest BCUT2D eigenvalue weighted by atomic mass is 10.1. The highest BCUT2D eigenvalue weighted by molar-refractivity contribution is 5.53. The van der Waals surface area contributed by atoms with Gasteiger partial charge in [0.15, 0.2) is 0 Å². The maximum atomic E-state index is 4.96. The summed E-state index contributed by atoms with van der Waals surface area (Å²) in [5, 5.41) is 3.68. The Kier molecular flexibility index (Phi) is 4.21. The minimum Gasteiger partial charge on any atom is -0.367 e. The molecule has 0 atom stereocenters. The van der Waals surface area contributed by atoms with E-state index in [1.54, 1.807) is 0 Å². The zero-order valence-electron chi connectivity index (χ0n) is 15.2. The predicted molar refractivity (Wildman–Crippen MR) is 102 cm³/mol. The van der Waals surface area contributed by atoms with Crippen LogP contribution in [0.5, 0.6) is 0 Å². The molecule has 6 heteroatoms. The summed E-state index contributed by atoms with van der Waals surface area (Å²) in [5.41, 5.74) is 3.87. The third kappa shape index (κ3) is 3.38. The average Bonchev–Trinajstić information content (AvgIpc) is 3.31. The Morgan fingerprint density at radius 3 is 2.62 bits per heavy atom. The van der Waals surface area contributed by atoms with Crippen molar-refractivity contribution < 1.29 is 0 Å². The second kappa shape index (κ2) is 6.83. The van der Waals surface area contributed by atoms with Gasteiger partial charge in [-0.05, 0) is 43.4 Å². The van der Waals surface area contributed by atoms with Gasteiger partial charge in [-0.2, -0.15) is 4.98 Å². The van der Waals surface area contributed by atoms with Gasteiger partial charge in [-0.1, -0.05) is 0 Å². The van der Waals surface area contributed by atoms with Crippen LogP contribution in [0.25, 0.3) is 0 Å². The molecule has 0 bridgehead atoms. The lowest BCUT2D eigenvalue weighted by Crippen LogP contribution is -2.33. The van der Waals surface area contributed by atoms with Crippen molar-refractivity contribution in [2.45, 2.75) is 51.2 Å². The molecule has 2 fully saturated rings. The molecule has 6 nitrogen and oxygen atoms in total. The molecule has 4 heterocycles. The van der Waals surface area contributed by atoms with Crippen LogP contribution in [0, 0.1) is 0 Å². The minimum absolute atomic E-state index is 0.607. The molecule has 2 aromatic heterocycles. The van der Waals surface area contributed by atoms with Crippen molar-refractivity contribution in [3.05, 3.63) is 41.3 Å². The molecule has 0 spiro atoms. The van der Waals surface area contributed by atoms with Crippen LogP contribution in [-0.4, -0.2) is 45.5 Å². The smallest absolute Gasteiger partial charge is 0.227 e. The first kappa shape index (κ1) is 16.0. The zero-order valence-corrected chi connectivity index (χ0v) is 15.2. The summed E-state index contributed by atoms with van der Waals surface area (Å²) in [6.45, 7) is 5.12. The van der Waals surface area contributed by atoms with Crippen molar-refractivity contribution >= 4 is 11.8 Å². The fourth-order valence-electron chi connectivity index (χ4n) is 3.94. The normalized spacial score (nSPS) is 20.2. The molecule has 0 aromatic carbocycles. The Morgan fingerprint density at radius 1 is 1.04 bits per heavy atom. The van der Waals surface area contributed by atoms with Gasteiger partial charge in [-0.15, -0.1) is 0 Å². The standard InChI is InChI=1S/C20H26N6/c1-2-11-26(10-1)20-23-18-7-12-25(13-15-5-8-21-9-6-15)14-17(18)19(24-20)22-16-3-4-16/h5-6,8-9,16H,1-4,7,10-14H2,(H,22,23,24). The van der Waals surface area contributed by atoms with E-state index in [1.807, 2.05) is 12.4 Å². The van der Waals surface area contributed by atoms with E-state index < -0.39 is 0 Å². The average molecular weight is 350 g/mol. The number of fused-ring (bicyclic) bond motifs is 1. The number of nitrogens with one attached hydrogen (secondary N) is 1. The lowest BCUT2D eigenvalue weighted by molar-refractivity contribution is 0.243. The molecule has 2 aromatic rings. The number of aromatic nitrogens is 3. The molecule has 26 heavy (non-hydrogen) atoms. The SMILES string of the molecule is c1cc(CN2CCc3nc(N4CCCC4)nc(NC4CC4)c3C2)ccn1. The first-order chi connectivity index (χ1) is 12.8. The van der Waals surface area contributed by atoms with Crippen LogP contribution in [-0.2, 0) is 19.5 Å². The van der Waals surface area contributed by atoms with Crippen molar-refractivity contribution in [1.29, 1.82) is 0 Å². The Labute approximate surface area is 154 Å². The van der Waals surface area contributed by atoms with E-state index in [4.69, 9.17) is 9.97 Å². The molecule has 5 rings (SSSR count). The molecular formula is C20H26N6. The van der Waals surface area contributed by atoms with Gasteiger partial charge in [0.25, 0.3) is 0 Å². The molecule has 1 saturated carbocycles. The number of pyridine rings is 1. The maximum Gasteiger partial charge on any atom is 0.227 e. The summed E-state index contributed by atoms with van der Waals surface area (Å²) in [6, 6.07) is 4.81. The Hall–Kier alpha value is -2.21. The Morgan fingerprint density at radius 2 is 1.85 bits per heavy atom. The van der Waals surface area contributed by atoms with E-state index in [1.165, 1.54) is 42.5 Å². The van der Waals surface area contributed by atoms with Gasteiger partial charge in [0.2, 0.25) is 5.95 Å². The van der Waals surface area contributed by atoms with Crippen LogP contribution >= 0.6 is 0 Å². The number of hydrogen-bond donors (Lipinski definition) is 1.